The third kappa shape index (κ3) is 3.73. The molecule has 0 bridgehead atoms. The van der Waals surface area contributed by atoms with Gasteiger partial charge in [-0.15, -0.1) is 0 Å². The van der Waals surface area contributed by atoms with Crippen LogP contribution in [0, 0.1) is 5.92 Å². The van der Waals surface area contributed by atoms with E-state index in [1.165, 1.54) is 9.36 Å². The van der Waals surface area contributed by atoms with Gasteiger partial charge in [-0.2, -0.15) is 9.36 Å². The Kier molecular flexibility index (Phi) is 5.57. The lowest BCUT2D eigenvalue weighted by Crippen LogP contribution is -2.46. The minimum Gasteiger partial charge on any atom is -0.381 e. The summed E-state index contributed by atoms with van der Waals surface area (Å²) in [5.41, 5.74) is 0.434. The SMILES string of the molecule is COC1CCC(C(=O)N2CCCC(n3nnn(-c4ccccc4)c3=O)C2)CC1. The smallest absolute Gasteiger partial charge is 0.368 e. The largest absolute Gasteiger partial charge is 0.381 e. The van der Waals surface area contributed by atoms with Gasteiger partial charge in [-0.25, -0.2) is 4.79 Å². The van der Waals surface area contributed by atoms with Gasteiger partial charge in [0.2, 0.25) is 5.91 Å². The van der Waals surface area contributed by atoms with E-state index in [4.69, 9.17) is 4.74 Å². The van der Waals surface area contributed by atoms with E-state index in [-0.39, 0.29) is 29.7 Å². The number of tetrazole rings is 1. The van der Waals surface area contributed by atoms with E-state index in [1.54, 1.807) is 7.11 Å². The van der Waals surface area contributed by atoms with Crippen molar-refractivity contribution in [3.05, 3.63) is 40.8 Å². The van der Waals surface area contributed by atoms with Gasteiger partial charge in [-0.1, -0.05) is 18.2 Å². The van der Waals surface area contributed by atoms with Gasteiger partial charge in [0.15, 0.2) is 0 Å². The lowest BCUT2D eigenvalue weighted by atomic mass is 9.86. The summed E-state index contributed by atoms with van der Waals surface area (Å²) in [4.78, 5) is 27.7. The second-order valence-electron chi connectivity index (χ2n) is 7.74. The highest BCUT2D eigenvalue weighted by molar-refractivity contribution is 5.79. The molecule has 1 saturated carbocycles. The molecule has 1 aliphatic heterocycles. The van der Waals surface area contributed by atoms with E-state index in [0.717, 1.165) is 45.1 Å². The molecule has 1 atom stereocenters. The number of methoxy groups -OCH3 is 1. The summed E-state index contributed by atoms with van der Waals surface area (Å²) in [6, 6.07) is 9.14. The molecule has 150 valence electrons. The van der Waals surface area contributed by atoms with Gasteiger partial charge in [0.25, 0.3) is 0 Å². The number of hydrogen-bond donors (Lipinski definition) is 0. The Labute approximate surface area is 164 Å². The molecule has 8 nitrogen and oxygen atoms in total. The van der Waals surface area contributed by atoms with Crippen molar-refractivity contribution in [2.45, 2.75) is 50.7 Å². The van der Waals surface area contributed by atoms with E-state index < -0.39 is 0 Å². The van der Waals surface area contributed by atoms with E-state index in [1.807, 2.05) is 35.2 Å². The second-order valence-corrected chi connectivity index (χ2v) is 7.74. The van der Waals surface area contributed by atoms with Gasteiger partial charge in [0.1, 0.15) is 0 Å². The molecule has 0 radical (unpaired) electrons. The number of carbonyl (C=O) groups excluding carboxylic acids is 1. The molecule has 2 aromatic rings. The maximum Gasteiger partial charge on any atom is 0.368 e. The summed E-state index contributed by atoms with van der Waals surface area (Å²) in [6.07, 6.45) is 5.61. The highest BCUT2D eigenvalue weighted by atomic mass is 16.5. The number of hydrogen-bond acceptors (Lipinski definition) is 5. The third-order valence-electron chi connectivity index (χ3n) is 6.01. The number of piperidine rings is 1. The van der Waals surface area contributed by atoms with E-state index in [2.05, 4.69) is 10.4 Å². The summed E-state index contributed by atoms with van der Waals surface area (Å²) in [7, 11) is 1.74. The van der Waals surface area contributed by atoms with E-state index >= 15 is 0 Å². The molecule has 1 aromatic heterocycles. The van der Waals surface area contributed by atoms with Crippen LogP contribution in [0.2, 0.25) is 0 Å². The highest BCUT2D eigenvalue weighted by Crippen LogP contribution is 2.29. The zero-order valence-corrected chi connectivity index (χ0v) is 16.2. The first kappa shape index (κ1) is 18.9. The summed E-state index contributed by atoms with van der Waals surface area (Å²) in [5.74, 6) is 0.282. The molecule has 2 fully saturated rings. The number of aromatic nitrogens is 4. The van der Waals surface area contributed by atoms with Crippen molar-refractivity contribution >= 4 is 5.91 Å². The topological polar surface area (TPSA) is 82.2 Å². The van der Waals surface area contributed by atoms with Crippen molar-refractivity contribution in [1.82, 2.24) is 24.7 Å². The van der Waals surface area contributed by atoms with Crippen molar-refractivity contribution in [1.29, 1.82) is 0 Å². The number of ether oxygens (including phenoxy) is 1. The van der Waals surface area contributed by atoms with Crippen LogP contribution in [-0.2, 0) is 9.53 Å². The minimum absolute atomic E-state index is 0.0712. The number of para-hydroxylation sites is 1. The molecule has 1 saturated heterocycles. The van der Waals surface area contributed by atoms with Crippen molar-refractivity contribution in [2.75, 3.05) is 20.2 Å². The molecule has 1 aromatic carbocycles. The van der Waals surface area contributed by atoms with Crippen molar-refractivity contribution in [2.24, 2.45) is 5.92 Å². The summed E-state index contributed by atoms with van der Waals surface area (Å²) < 4.78 is 8.16. The van der Waals surface area contributed by atoms with Crippen LogP contribution in [0.25, 0.3) is 5.69 Å². The summed E-state index contributed by atoms with van der Waals surface area (Å²) >= 11 is 0. The summed E-state index contributed by atoms with van der Waals surface area (Å²) in [6.45, 7) is 1.28. The Bertz CT molecular complexity index is 854. The molecule has 1 aliphatic carbocycles. The van der Waals surface area contributed by atoms with Crippen LogP contribution >= 0.6 is 0 Å². The average molecular weight is 385 g/mol. The molecular weight excluding hydrogens is 358 g/mol. The van der Waals surface area contributed by atoms with Gasteiger partial charge in [-0.3, -0.25) is 4.79 Å². The standard InChI is InChI=1S/C20H27N5O3/c1-28-18-11-9-15(10-12-18)19(26)23-13-5-8-17(14-23)25-20(27)24(21-22-25)16-6-3-2-4-7-16/h2-4,6-7,15,17-18H,5,8-14H2,1H3. The monoisotopic (exact) mass is 385 g/mol. The second kappa shape index (κ2) is 8.26. The Morgan fingerprint density at radius 3 is 2.54 bits per heavy atom. The first-order valence-corrected chi connectivity index (χ1v) is 10.1. The van der Waals surface area contributed by atoms with Gasteiger partial charge in [0.05, 0.1) is 17.8 Å². The van der Waals surface area contributed by atoms with Crippen LogP contribution in [0.15, 0.2) is 35.1 Å². The number of carbonyl (C=O) groups is 1. The first-order valence-electron chi connectivity index (χ1n) is 10.1. The summed E-state index contributed by atoms with van der Waals surface area (Å²) in [5, 5.41) is 8.14. The molecule has 1 amide bonds. The highest BCUT2D eigenvalue weighted by Gasteiger charge is 2.33. The zero-order valence-electron chi connectivity index (χ0n) is 16.2. The predicted octanol–water partition coefficient (Wildman–Crippen LogP) is 1.80. The van der Waals surface area contributed by atoms with Crippen LogP contribution in [-0.4, -0.2) is 56.9 Å². The fourth-order valence-corrected chi connectivity index (χ4v) is 4.38. The number of benzene rings is 1. The predicted molar refractivity (Wildman–Crippen MR) is 103 cm³/mol. The van der Waals surface area contributed by atoms with Crippen LogP contribution in [0.3, 0.4) is 0 Å². The Morgan fingerprint density at radius 1 is 1.07 bits per heavy atom. The van der Waals surface area contributed by atoms with Gasteiger partial charge >= 0.3 is 5.69 Å². The third-order valence-corrected chi connectivity index (χ3v) is 6.01. The van der Waals surface area contributed by atoms with E-state index in [9.17, 15) is 9.59 Å². The van der Waals surface area contributed by atoms with Gasteiger partial charge < -0.3 is 9.64 Å². The molecule has 2 aliphatic rings. The van der Waals surface area contributed by atoms with Crippen molar-refractivity contribution < 1.29 is 9.53 Å². The quantitative estimate of drug-likeness (QED) is 0.801. The molecule has 1 unspecified atom stereocenters. The maximum atomic E-state index is 13.0. The number of rotatable bonds is 4. The van der Waals surface area contributed by atoms with E-state index in [0.29, 0.717) is 12.2 Å². The van der Waals surface area contributed by atoms with Gasteiger partial charge in [-0.05, 0) is 61.1 Å². The average Bonchev–Trinajstić information content (AvgIpc) is 3.15. The number of likely N-dealkylation sites (tertiary alicyclic amines) is 1. The van der Waals surface area contributed by atoms with Crippen molar-refractivity contribution in [3.8, 4) is 5.69 Å². The molecule has 4 rings (SSSR count). The molecule has 2 heterocycles. The molecule has 8 heteroatoms. The van der Waals surface area contributed by atoms with Crippen LogP contribution in [0.1, 0.15) is 44.6 Å². The fraction of sp³-hybridized carbons (Fsp3) is 0.600. The molecule has 0 N–H and O–H groups in total. The lowest BCUT2D eigenvalue weighted by Gasteiger charge is -2.36. The Hall–Kier alpha value is -2.48. The minimum atomic E-state index is -0.258. The van der Waals surface area contributed by atoms with Crippen molar-refractivity contribution in [3.63, 3.8) is 0 Å². The molecular formula is C20H27N5O3. The fourth-order valence-electron chi connectivity index (χ4n) is 4.38. The van der Waals surface area contributed by atoms with Gasteiger partial charge in [0, 0.05) is 26.1 Å². The molecule has 0 spiro atoms. The molecule has 28 heavy (non-hydrogen) atoms. The lowest BCUT2D eigenvalue weighted by molar-refractivity contribution is -0.139. The van der Waals surface area contributed by atoms with Crippen LogP contribution in [0.5, 0.6) is 0 Å². The number of nitrogens with zero attached hydrogens (tertiary/aromatic N) is 5. The normalized spacial score (nSPS) is 25.6. The zero-order chi connectivity index (χ0) is 19.5. The van der Waals surface area contributed by atoms with Crippen LogP contribution in [0.4, 0.5) is 0 Å². The number of amides is 1. The van der Waals surface area contributed by atoms with Crippen LogP contribution < -0.4 is 5.69 Å². The Morgan fingerprint density at radius 2 is 1.82 bits per heavy atom. The first-order chi connectivity index (χ1) is 13.7. The maximum absolute atomic E-state index is 13.0. The Balaban J connectivity index is 1.45.